The van der Waals surface area contributed by atoms with Gasteiger partial charge < -0.3 is 9.84 Å². The lowest BCUT2D eigenvalue weighted by atomic mass is 9.54. The fourth-order valence-electron chi connectivity index (χ4n) is 7.10. The SMILES string of the molecule is C=CCC1CC(O)C2(C)CCC3c4ccc(OCc5ccccc5)cc4CCC3C12. The van der Waals surface area contributed by atoms with Gasteiger partial charge in [0, 0.05) is 0 Å². The van der Waals surface area contributed by atoms with Crippen molar-refractivity contribution in [3.8, 4) is 5.75 Å². The van der Waals surface area contributed by atoms with Crippen molar-refractivity contribution in [3.63, 3.8) is 0 Å². The first-order chi connectivity index (χ1) is 14.6. The summed E-state index contributed by atoms with van der Waals surface area (Å²) < 4.78 is 6.10. The topological polar surface area (TPSA) is 29.5 Å². The molecule has 0 saturated heterocycles. The molecule has 2 fully saturated rings. The number of aliphatic hydroxyl groups excluding tert-OH is 1. The van der Waals surface area contributed by atoms with Gasteiger partial charge in [-0.2, -0.15) is 0 Å². The number of allylic oxidation sites excluding steroid dienone is 1. The van der Waals surface area contributed by atoms with E-state index in [9.17, 15) is 5.11 Å². The molecule has 0 aliphatic heterocycles. The van der Waals surface area contributed by atoms with Gasteiger partial charge in [-0.3, -0.25) is 0 Å². The minimum atomic E-state index is -0.149. The molecule has 2 aromatic rings. The molecule has 3 aliphatic rings. The van der Waals surface area contributed by atoms with E-state index < -0.39 is 0 Å². The summed E-state index contributed by atoms with van der Waals surface area (Å²) in [7, 11) is 0. The first kappa shape index (κ1) is 19.9. The van der Waals surface area contributed by atoms with Crippen molar-refractivity contribution in [2.24, 2.45) is 23.2 Å². The van der Waals surface area contributed by atoms with Crippen LogP contribution in [0.4, 0.5) is 0 Å². The fourth-order valence-corrected chi connectivity index (χ4v) is 7.10. The molecule has 6 unspecified atom stereocenters. The van der Waals surface area contributed by atoms with Crippen molar-refractivity contribution in [3.05, 3.63) is 77.9 Å². The van der Waals surface area contributed by atoms with Gasteiger partial charge in [-0.15, -0.1) is 6.58 Å². The van der Waals surface area contributed by atoms with Crippen LogP contribution in [0.1, 0.15) is 61.6 Å². The Bertz CT molecular complexity index is 904. The number of fused-ring (bicyclic) bond motifs is 5. The minimum absolute atomic E-state index is 0.0884. The van der Waals surface area contributed by atoms with Crippen LogP contribution in [0.25, 0.3) is 0 Å². The molecule has 2 heteroatoms. The maximum Gasteiger partial charge on any atom is 0.120 e. The van der Waals surface area contributed by atoms with Gasteiger partial charge in [-0.05, 0) is 96.4 Å². The number of hydrogen-bond acceptors (Lipinski definition) is 2. The summed E-state index contributed by atoms with van der Waals surface area (Å²) in [5.74, 6) is 3.51. The largest absolute Gasteiger partial charge is 0.489 e. The summed E-state index contributed by atoms with van der Waals surface area (Å²) in [4.78, 5) is 0. The van der Waals surface area contributed by atoms with Crippen LogP contribution < -0.4 is 4.74 Å². The van der Waals surface area contributed by atoms with Crippen LogP contribution in [-0.2, 0) is 13.0 Å². The van der Waals surface area contributed by atoms with Gasteiger partial charge in [0.05, 0.1) is 6.10 Å². The summed E-state index contributed by atoms with van der Waals surface area (Å²) in [5, 5.41) is 10.9. The van der Waals surface area contributed by atoms with Gasteiger partial charge in [0.2, 0.25) is 0 Å². The highest BCUT2D eigenvalue weighted by molar-refractivity contribution is 5.41. The summed E-state index contributed by atoms with van der Waals surface area (Å²) in [6.45, 7) is 6.98. The van der Waals surface area contributed by atoms with Crippen molar-refractivity contribution in [1.29, 1.82) is 0 Å². The first-order valence-corrected chi connectivity index (χ1v) is 11.7. The van der Waals surface area contributed by atoms with E-state index in [1.807, 2.05) is 6.07 Å². The number of ether oxygens (including phenoxy) is 1. The highest BCUT2D eigenvalue weighted by Gasteiger charge is 2.57. The number of rotatable bonds is 5. The van der Waals surface area contributed by atoms with E-state index in [0.717, 1.165) is 31.4 Å². The highest BCUT2D eigenvalue weighted by atomic mass is 16.5. The molecule has 2 nitrogen and oxygen atoms in total. The van der Waals surface area contributed by atoms with Gasteiger partial charge in [0.15, 0.2) is 0 Å². The molecular formula is C28H34O2. The van der Waals surface area contributed by atoms with Crippen LogP contribution in [0.3, 0.4) is 0 Å². The van der Waals surface area contributed by atoms with Crippen molar-refractivity contribution < 1.29 is 9.84 Å². The Hall–Kier alpha value is -2.06. The van der Waals surface area contributed by atoms with E-state index in [-0.39, 0.29) is 11.5 Å². The monoisotopic (exact) mass is 402 g/mol. The second kappa shape index (κ2) is 7.89. The Morgan fingerprint density at radius 1 is 1.17 bits per heavy atom. The lowest BCUT2D eigenvalue weighted by molar-refractivity contribution is -0.0296. The molecule has 5 rings (SSSR count). The van der Waals surface area contributed by atoms with Crippen LogP contribution >= 0.6 is 0 Å². The molecule has 0 bridgehead atoms. The average Bonchev–Trinajstić information content (AvgIpc) is 3.03. The molecule has 158 valence electrons. The number of benzene rings is 2. The number of aryl methyl sites for hydroxylation is 1. The molecule has 2 aromatic carbocycles. The molecule has 1 N–H and O–H groups in total. The third-order valence-corrected chi connectivity index (χ3v) is 8.51. The number of hydrogen-bond donors (Lipinski definition) is 1. The lowest BCUT2D eigenvalue weighted by Crippen LogP contribution is -2.45. The quantitative estimate of drug-likeness (QED) is 0.596. The standard InChI is InChI=1S/C28H34O2/c1-3-7-21-17-26(29)28(2)15-14-24-23-13-11-22(30-18-19-8-5-4-6-9-19)16-20(23)10-12-25(24)27(21)28/h3-6,8-9,11,13,16,21,24-27,29H,1,7,10,12,14-15,17-18H2,2H3. The van der Waals surface area contributed by atoms with Gasteiger partial charge in [0.1, 0.15) is 12.4 Å². The van der Waals surface area contributed by atoms with Crippen LogP contribution in [0.2, 0.25) is 0 Å². The van der Waals surface area contributed by atoms with Gasteiger partial charge >= 0.3 is 0 Å². The fraction of sp³-hybridized carbons (Fsp3) is 0.500. The molecule has 0 heterocycles. The molecule has 6 atom stereocenters. The molecule has 3 aliphatic carbocycles. The highest BCUT2D eigenvalue weighted by Crippen LogP contribution is 2.63. The van der Waals surface area contributed by atoms with Crippen molar-refractivity contribution >= 4 is 0 Å². The summed E-state index contributed by atoms with van der Waals surface area (Å²) >= 11 is 0. The van der Waals surface area contributed by atoms with E-state index >= 15 is 0 Å². The third-order valence-electron chi connectivity index (χ3n) is 8.51. The molecule has 30 heavy (non-hydrogen) atoms. The van der Waals surface area contributed by atoms with Crippen molar-refractivity contribution in [2.75, 3.05) is 0 Å². The summed E-state index contributed by atoms with van der Waals surface area (Å²) in [6.07, 6.45) is 8.62. The zero-order valence-electron chi connectivity index (χ0n) is 18.1. The van der Waals surface area contributed by atoms with Crippen LogP contribution in [-0.4, -0.2) is 11.2 Å². The lowest BCUT2D eigenvalue weighted by Gasteiger charge is -2.51. The zero-order valence-corrected chi connectivity index (χ0v) is 18.1. The predicted molar refractivity (Wildman–Crippen MR) is 122 cm³/mol. The minimum Gasteiger partial charge on any atom is -0.489 e. The maximum absolute atomic E-state index is 10.9. The van der Waals surface area contributed by atoms with Gasteiger partial charge in [-0.25, -0.2) is 0 Å². The average molecular weight is 403 g/mol. The zero-order chi connectivity index (χ0) is 20.7. The van der Waals surface area contributed by atoms with Crippen molar-refractivity contribution in [2.45, 2.75) is 64.1 Å². The molecule has 0 radical (unpaired) electrons. The van der Waals surface area contributed by atoms with E-state index in [1.54, 1.807) is 5.56 Å². The van der Waals surface area contributed by atoms with E-state index in [0.29, 0.717) is 30.3 Å². The second-order valence-electron chi connectivity index (χ2n) is 10.1. The van der Waals surface area contributed by atoms with E-state index in [4.69, 9.17) is 4.74 Å². The normalized spacial score (nSPS) is 34.5. The van der Waals surface area contributed by atoms with E-state index in [1.165, 1.54) is 24.0 Å². The predicted octanol–water partition coefficient (Wildman–Crippen LogP) is 6.28. The molecule has 2 saturated carbocycles. The Kier molecular flexibility index (Phi) is 5.23. The maximum atomic E-state index is 10.9. The Balaban J connectivity index is 1.37. The smallest absolute Gasteiger partial charge is 0.120 e. The summed E-state index contributed by atoms with van der Waals surface area (Å²) in [5.41, 5.74) is 4.31. The first-order valence-electron chi connectivity index (χ1n) is 11.7. The molecular weight excluding hydrogens is 368 g/mol. The second-order valence-corrected chi connectivity index (χ2v) is 10.1. The third kappa shape index (κ3) is 3.30. The Morgan fingerprint density at radius 3 is 2.80 bits per heavy atom. The van der Waals surface area contributed by atoms with Crippen molar-refractivity contribution in [1.82, 2.24) is 0 Å². The Labute approximate surface area is 181 Å². The van der Waals surface area contributed by atoms with Crippen LogP contribution in [0.15, 0.2) is 61.2 Å². The van der Waals surface area contributed by atoms with Gasteiger partial charge in [0.25, 0.3) is 0 Å². The molecule has 0 amide bonds. The van der Waals surface area contributed by atoms with Crippen LogP contribution in [0, 0.1) is 23.2 Å². The van der Waals surface area contributed by atoms with Crippen LogP contribution in [0.5, 0.6) is 5.75 Å². The molecule has 0 spiro atoms. The number of aliphatic hydroxyl groups is 1. The summed E-state index contributed by atoms with van der Waals surface area (Å²) in [6, 6.07) is 17.2. The van der Waals surface area contributed by atoms with Gasteiger partial charge in [-0.1, -0.05) is 49.4 Å². The Morgan fingerprint density at radius 2 is 2.00 bits per heavy atom. The molecule has 0 aromatic heterocycles. The van der Waals surface area contributed by atoms with E-state index in [2.05, 4.69) is 62.0 Å².